The summed E-state index contributed by atoms with van der Waals surface area (Å²) in [4.78, 5) is 10.4. The van der Waals surface area contributed by atoms with Crippen molar-refractivity contribution in [2.45, 2.75) is 26.2 Å². The van der Waals surface area contributed by atoms with Crippen molar-refractivity contribution >= 4 is 22.2 Å². The molecule has 0 bridgehead atoms. The number of ether oxygens (including phenoxy) is 1. The van der Waals surface area contributed by atoms with Crippen molar-refractivity contribution in [3.05, 3.63) is 28.2 Å². The number of carbonyl (C=O) groups excluding carboxylic acids is 1. The zero-order chi connectivity index (χ0) is 11.1. The Morgan fingerprint density at radius 2 is 2.27 bits per heavy atom. The van der Waals surface area contributed by atoms with E-state index >= 15 is 0 Å². The van der Waals surface area contributed by atoms with Crippen LogP contribution in [0, 0.1) is 0 Å². The first-order valence-electron chi connectivity index (χ1n) is 5.12. The van der Waals surface area contributed by atoms with Crippen molar-refractivity contribution in [3.8, 4) is 5.75 Å². The lowest BCUT2D eigenvalue weighted by molar-refractivity contribution is -0.107. The highest BCUT2D eigenvalue weighted by atomic mass is 79.9. The Kier molecular flexibility index (Phi) is 5.40. The van der Waals surface area contributed by atoms with E-state index in [4.69, 9.17) is 4.74 Å². The highest BCUT2D eigenvalue weighted by Crippen LogP contribution is 2.22. The first kappa shape index (κ1) is 12.2. The van der Waals surface area contributed by atoms with E-state index in [1.165, 1.54) is 0 Å². The normalized spacial score (nSPS) is 10.0. The van der Waals surface area contributed by atoms with Crippen LogP contribution in [0.2, 0.25) is 0 Å². The topological polar surface area (TPSA) is 26.3 Å². The van der Waals surface area contributed by atoms with E-state index in [0.717, 1.165) is 41.5 Å². The number of benzene rings is 1. The van der Waals surface area contributed by atoms with E-state index in [2.05, 4.69) is 22.9 Å². The van der Waals surface area contributed by atoms with E-state index in [9.17, 15) is 4.79 Å². The Labute approximate surface area is 98.8 Å². The van der Waals surface area contributed by atoms with Gasteiger partial charge in [0.15, 0.2) is 0 Å². The summed E-state index contributed by atoms with van der Waals surface area (Å²) in [7, 11) is 0. The second kappa shape index (κ2) is 6.62. The summed E-state index contributed by atoms with van der Waals surface area (Å²) < 4.78 is 6.51. The molecular weight excluding hydrogens is 256 g/mol. The van der Waals surface area contributed by atoms with Gasteiger partial charge in [-0.2, -0.15) is 0 Å². The molecule has 0 heterocycles. The van der Waals surface area contributed by atoms with Gasteiger partial charge in [-0.15, -0.1) is 0 Å². The van der Waals surface area contributed by atoms with E-state index in [-0.39, 0.29) is 0 Å². The summed E-state index contributed by atoms with van der Waals surface area (Å²) in [5, 5.41) is 0. The third-order valence-corrected chi connectivity index (χ3v) is 2.86. The van der Waals surface area contributed by atoms with Crippen LogP contribution >= 0.6 is 15.9 Å². The molecule has 0 aliphatic heterocycles. The predicted octanol–water partition coefficient (Wildman–Crippen LogP) is 3.37. The van der Waals surface area contributed by atoms with E-state index in [1.54, 1.807) is 0 Å². The van der Waals surface area contributed by atoms with Crippen molar-refractivity contribution < 1.29 is 9.53 Å². The summed E-state index contributed by atoms with van der Waals surface area (Å²) in [6.07, 6.45) is 3.50. The van der Waals surface area contributed by atoms with Crippen LogP contribution in [0.3, 0.4) is 0 Å². The number of rotatable bonds is 6. The number of carbonyl (C=O) groups is 1. The number of halogens is 1. The molecule has 1 rings (SSSR count). The maximum Gasteiger partial charge on any atom is 0.124 e. The molecule has 0 saturated heterocycles. The predicted molar refractivity (Wildman–Crippen MR) is 64.3 cm³/mol. The first-order chi connectivity index (χ1) is 7.27. The Morgan fingerprint density at radius 3 is 2.93 bits per heavy atom. The lowest BCUT2D eigenvalue weighted by Gasteiger charge is -2.07. The van der Waals surface area contributed by atoms with Crippen molar-refractivity contribution in [3.63, 3.8) is 0 Å². The van der Waals surface area contributed by atoms with E-state index < -0.39 is 0 Å². The molecule has 0 spiro atoms. The van der Waals surface area contributed by atoms with Gasteiger partial charge in [0.2, 0.25) is 0 Å². The third-order valence-electron chi connectivity index (χ3n) is 2.09. The van der Waals surface area contributed by atoms with Gasteiger partial charge in [0.1, 0.15) is 12.0 Å². The maximum absolute atomic E-state index is 10.4. The van der Waals surface area contributed by atoms with Gasteiger partial charge < -0.3 is 9.53 Å². The quantitative estimate of drug-likeness (QED) is 0.585. The molecule has 2 nitrogen and oxygen atoms in total. The van der Waals surface area contributed by atoms with Crippen LogP contribution in [-0.4, -0.2) is 12.9 Å². The summed E-state index contributed by atoms with van der Waals surface area (Å²) in [5.74, 6) is 0.837. The average Bonchev–Trinajstić information content (AvgIpc) is 2.23. The van der Waals surface area contributed by atoms with Crippen LogP contribution in [0.5, 0.6) is 5.75 Å². The maximum atomic E-state index is 10.4. The van der Waals surface area contributed by atoms with Crippen LogP contribution in [0.4, 0.5) is 0 Å². The molecule has 0 amide bonds. The molecule has 0 aromatic heterocycles. The monoisotopic (exact) mass is 270 g/mol. The van der Waals surface area contributed by atoms with Gasteiger partial charge in [-0.05, 0) is 30.2 Å². The highest BCUT2D eigenvalue weighted by Gasteiger charge is 2.01. The number of unbranched alkanes of at least 4 members (excludes halogenated alkanes) is 1. The second-order valence-corrected chi connectivity index (χ2v) is 4.18. The number of aldehydes is 1. The standard InChI is InChI=1S/C12H15BrO2/c1-2-3-8-15-11-4-5-12(13)10(9-11)6-7-14/h4-5,7,9H,2-3,6,8H2,1H3. The Bertz CT molecular complexity index is 323. The molecule has 0 atom stereocenters. The van der Waals surface area contributed by atoms with Gasteiger partial charge in [0.05, 0.1) is 6.61 Å². The summed E-state index contributed by atoms with van der Waals surface area (Å²) >= 11 is 3.40. The Morgan fingerprint density at radius 1 is 1.47 bits per heavy atom. The summed E-state index contributed by atoms with van der Waals surface area (Å²) in [6.45, 7) is 2.86. The first-order valence-corrected chi connectivity index (χ1v) is 5.92. The lowest BCUT2D eigenvalue weighted by atomic mass is 10.1. The fourth-order valence-corrected chi connectivity index (χ4v) is 1.63. The van der Waals surface area contributed by atoms with Gasteiger partial charge in [-0.1, -0.05) is 29.3 Å². The molecule has 0 saturated carbocycles. The Hall–Kier alpha value is -0.830. The lowest BCUT2D eigenvalue weighted by Crippen LogP contribution is -1.97. The van der Waals surface area contributed by atoms with Crippen LogP contribution in [0.1, 0.15) is 25.3 Å². The molecule has 3 heteroatoms. The minimum absolute atomic E-state index is 0.422. The van der Waals surface area contributed by atoms with Crippen LogP contribution in [0.25, 0.3) is 0 Å². The smallest absolute Gasteiger partial charge is 0.124 e. The van der Waals surface area contributed by atoms with Gasteiger partial charge in [-0.25, -0.2) is 0 Å². The van der Waals surface area contributed by atoms with Gasteiger partial charge in [0, 0.05) is 10.9 Å². The largest absolute Gasteiger partial charge is 0.494 e. The molecule has 0 unspecified atom stereocenters. The molecule has 1 aromatic carbocycles. The second-order valence-electron chi connectivity index (χ2n) is 3.33. The molecule has 0 radical (unpaired) electrons. The summed E-state index contributed by atoms with van der Waals surface area (Å²) in [5.41, 5.74) is 0.971. The summed E-state index contributed by atoms with van der Waals surface area (Å²) in [6, 6.07) is 5.74. The SMILES string of the molecule is CCCCOc1ccc(Br)c(CC=O)c1. The third kappa shape index (κ3) is 4.04. The average molecular weight is 271 g/mol. The molecule has 82 valence electrons. The van der Waals surface area contributed by atoms with Crippen molar-refractivity contribution in [2.24, 2.45) is 0 Å². The molecule has 0 aliphatic carbocycles. The van der Waals surface area contributed by atoms with E-state index in [1.807, 2.05) is 18.2 Å². The number of hydrogen-bond acceptors (Lipinski definition) is 2. The molecule has 1 aromatic rings. The molecule has 15 heavy (non-hydrogen) atoms. The van der Waals surface area contributed by atoms with Crippen LogP contribution < -0.4 is 4.74 Å². The number of hydrogen-bond donors (Lipinski definition) is 0. The van der Waals surface area contributed by atoms with Crippen molar-refractivity contribution in [1.29, 1.82) is 0 Å². The zero-order valence-electron chi connectivity index (χ0n) is 8.83. The van der Waals surface area contributed by atoms with Gasteiger partial charge in [-0.3, -0.25) is 0 Å². The zero-order valence-corrected chi connectivity index (χ0v) is 10.4. The van der Waals surface area contributed by atoms with Gasteiger partial charge >= 0.3 is 0 Å². The van der Waals surface area contributed by atoms with Crippen LogP contribution in [0.15, 0.2) is 22.7 Å². The minimum Gasteiger partial charge on any atom is -0.494 e. The minimum atomic E-state index is 0.422. The Balaban J connectivity index is 2.65. The molecule has 0 N–H and O–H groups in total. The molecule has 0 aliphatic rings. The van der Waals surface area contributed by atoms with Gasteiger partial charge in [0.25, 0.3) is 0 Å². The highest BCUT2D eigenvalue weighted by molar-refractivity contribution is 9.10. The fourth-order valence-electron chi connectivity index (χ4n) is 1.22. The fraction of sp³-hybridized carbons (Fsp3) is 0.417. The molecular formula is C12H15BrO2. The van der Waals surface area contributed by atoms with Crippen molar-refractivity contribution in [1.82, 2.24) is 0 Å². The molecule has 0 fully saturated rings. The van der Waals surface area contributed by atoms with E-state index in [0.29, 0.717) is 6.42 Å². The van der Waals surface area contributed by atoms with Crippen molar-refractivity contribution in [2.75, 3.05) is 6.61 Å². The van der Waals surface area contributed by atoms with Crippen LogP contribution in [-0.2, 0) is 11.2 Å².